The lowest BCUT2D eigenvalue weighted by Gasteiger charge is -2.32. The van der Waals surface area contributed by atoms with Crippen LogP contribution in [-0.4, -0.2) is 52.5 Å². The molecule has 1 aromatic carbocycles. The first-order chi connectivity index (χ1) is 15.1. The van der Waals surface area contributed by atoms with Gasteiger partial charge < -0.3 is 15.8 Å². The lowest BCUT2D eigenvalue weighted by molar-refractivity contribution is -0.117. The molecule has 0 spiro atoms. The standard InChI is InChI=1S/C23H26N6O2/c1-31-20-7-5-19(6-8-20)28-22(30)15-29-10-2-3-17(14-29)21-9-4-16(11-25-21)18-12-26-23(24)27-13-18/h4-9,11-13,17H,2-3,10,14-15H2,1H3,(H,28,30)(H2,24,26,27)/t17-/m0/s1. The summed E-state index contributed by atoms with van der Waals surface area (Å²) in [6.07, 6.45) is 7.34. The number of pyridine rings is 1. The third-order valence-corrected chi connectivity index (χ3v) is 5.46. The van der Waals surface area contributed by atoms with Crippen molar-refractivity contribution in [2.75, 3.05) is 37.8 Å². The monoisotopic (exact) mass is 418 g/mol. The van der Waals surface area contributed by atoms with Crippen molar-refractivity contribution in [1.82, 2.24) is 19.9 Å². The summed E-state index contributed by atoms with van der Waals surface area (Å²) >= 11 is 0. The van der Waals surface area contributed by atoms with Crippen LogP contribution >= 0.6 is 0 Å². The zero-order valence-corrected chi connectivity index (χ0v) is 17.5. The number of nitrogens with zero attached hydrogens (tertiary/aromatic N) is 4. The molecular formula is C23H26N6O2. The summed E-state index contributed by atoms with van der Waals surface area (Å²) in [5.74, 6) is 1.31. The lowest BCUT2D eigenvalue weighted by atomic mass is 9.94. The maximum atomic E-state index is 12.5. The molecule has 8 heteroatoms. The zero-order chi connectivity index (χ0) is 21.6. The van der Waals surface area contributed by atoms with E-state index >= 15 is 0 Å². The molecule has 3 heterocycles. The number of nitrogen functional groups attached to an aromatic ring is 1. The van der Waals surface area contributed by atoms with Crippen LogP contribution < -0.4 is 15.8 Å². The number of likely N-dealkylation sites (tertiary alicyclic amines) is 1. The number of hydrogen-bond donors (Lipinski definition) is 2. The highest BCUT2D eigenvalue weighted by atomic mass is 16.5. The van der Waals surface area contributed by atoms with E-state index in [1.165, 1.54) is 0 Å². The van der Waals surface area contributed by atoms with Gasteiger partial charge in [0, 0.05) is 53.6 Å². The fourth-order valence-corrected chi connectivity index (χ4v) is 3.82. The number of nitrogens with two attached hydrogens (primary N) is 1. The summed E-state index contributed by atoms with van der Waals surface area (Å²) < 4.78 is 5.15. The SMILES string of the molecule is COc1ccc(NC(=O)CN2CCC[C@H](c3ccc(-c4cnc(N)nc4)cn3)C2)cc1. The van der Waals surface area contributed by atoms with E-state index in [-0.39, 0.29) is 11.9 Å². The van der Waals surface area contributed by atoms with Crippen molar-refractivity contribution < 1.29 is 9.53 Å². The minimum Gasteiger partial charge on any atom is -0.497 e. The van der Waals surface area contributed by atoms with Crippen molar-refractivity contribution in [2.45, 2.75) is 18.8 Å². The Morgan fingerprint density at radius 1 is 1.10 bits per heavy atom. The van der Waals surface area contributed by atoms with Crippen LogP contribution in [0.2, 0.25) is 0 Å². The Morgan fingerprint density at radius 2 is 1.84 bits per heavy atom. The second-order valence-corrected chi connectivity index (χ2v) is 7.65. The number of anilines is 2. The first kappa shape index (κ1) is 20.7. The van der Waals surface area contributed by atoms with Gasteiger partial charge in [-0.2, -0.15) is 0 Å². The quantitative estimate of drug-likeness (QED) is 0.634. The largest absolute Gasteiger partial charge is 0.497 e. The number of carbonyl (C=O) groups excluding carboxylic acids is 1. The maximum Gasteiger partial charge on any atom is 0.238 e. The second kappa shape index (κ2) is 9.53. The molecule has 0 unspecified atom stereocenters. The smallest absolute Gasteiger partial charge is 0.238 e. The number of carbonyl (C=O) groups is 1. The normalized spacial score (nSPS) is 16.6. The van der Waals surface area contributed by atoms with Gasteiger partial charge in [-0.15, -0.1) is 0 Å². The Labute approximate surface area is 181 Å². The number of piperidine rings is 1. The van der Waals surface area contributed by atoms with Crippen LogP contribution in [-0.2, 0) is 4.79 Å². The summed E-state index contributed by atoms with van der Waals surface area (Å²) in [5.41, 5.74) is 9.20. The molecule has 0 aliphatic carbocycles. The average molecular weight is 419 g/mol. The lowest BCUT2D eigenvalue weighted by Crippen LogP contribution is -2.39. The number of aromatic nitrogens is 3. The molecule has 1 atom stereocenters. The molecule has 1 fully saturated rings. The first-order valence-electron chi connectivity index (χ1n) is 10.3. The number of methoxy groups -OCH3 is 1. The van der Waals surface area contributed by atoms with Crippen LogP contribution in [0.5, 0.6) is 5.75 Å². The van der Waals surface area contributed by atoms with Crippen LogP contribution in [0.25, 0.3) is 11.1 Å². The number of benzene rings is 1. The summed E-state index contributed by atoms with van der Waals surface area (Å²) in [6, 6.07) is 11.4. The minimum atomic E-state index is -0.0162. The molecule has 1 amide bonds. The van der Waals surface area contributed by atoms with Crippen LogP contribution in [0.3, 0.4) is 0 Å². The molecule has 1 aliphatic rings. The second-order valence-electron chi connectivity index (χ2n) is 7.65. The van der Waals surface area contributed by atoms with E-state index in [0.29, 0.717) is 12.5 Å². The van der Waals surface area contributed by atoms with Gasteiger partial charge in [0.2, 0.25) is 11.9 Å². The molecule has 0 radical (unpaired) electrons. The molecule has 3 aromatic rings. The molecule has 31 heavy (non-hydrogen) atoms. The summed E-state index contributed by atoms with van der Waals surface area (Å²) in [5, 5.41) is 2.95. The molecule has 4 rings (SSSR count). The number of rotatable bonds is 6. The van der Waals surface area contributed by atoms with Crippen molar-refractivity contribution in [2.24, 2.45) is 0 Å². The molecule has 2 aromatic heterocycles. The van der Waals surface area contributed by atoms with E-state index in [1.807, 2.05) is 36.5 Å². The highest BCUT2D eigenvalue weighted by Gasteiger charge is 2.24. The van der Waals surface area contributed by atoms with Crippen molar-refractivity contribution >= 4 is 17.5 Å². The number of hydrogen-bond acceptors (Lipinski definition) is 7. The van der Waals surface area contributed by atoms with Gasteiger partial charge in [-0.05, 0) is 49.7 Å². The summed E-state index contributed by atoms with van der Waals surface area (Å²) in [6.45, 7) is 2.09. The van der Waals surface area contributed by atoms with Crippen LogP contribution in [0.15, 0.2) is 55.0 Å². The van der Waals surface area contributed by atoms with Crippen molar-refractivity contribution in [3.63, 3.8) is 0 Å². The van der Waals surface area contributed by atoms with Crippen molar-refractivity contribution in [3.05, 3.63) is 60.7 Å². The van der Waals surface area contributed by atoms with Crippen molar-refractivity contribution in [3.8, 4) is 16.9 Å². The molecule has 160 valence electrons. The van der Waals surface area contributed by atoms with Gasteiger partial charge in [-0.1, -0.05) is 6.07 Å². The molecule has 0 saturated carbocycles. The fourth-order valence-electron chi connectivity index (χ4n) is 3.82. The summed E-state index contributed by atoms with van der Waals surface area (Å²) in [7, 11) is 1.62. The Kier molecular flexibility index (Phi) is 6.37. The topological polar surface area (TPSA) is 106 Å². The Hall–Kier alpha value is -3.52. The average Bonchev–Trinajstić information content (AvgIpc) is 2.80. The third kappa shape index (κ3) is 5.35. The maximum absolute atomic E-state index is 12.5. The number of nitrogens with one attached hydrogen (secondary N) is 1. The molecule has 1 saturated heterocycles. The number of amides is 1. The Balaban J connectivity index is 1.34. The van der Waals surface area contributed by atoms with Gasteiger partial charge in [0.1, 0.15) is 5.75 Å². The minimum absolute atomic E-state index is 0.0162. The highest BCUT2D eigenvalue weighted by molar-refractivity contribution is 5.92. The predicted octanol–water partition coefficient (Wildman–Crippen LogP) is 2.95. The van der Waals surface area contributed by atoms with E-state index in [0.717, 1.165) is 54.2 Å². The Morgan fingerprint density at radius 3 is 2.52 bits per heavy atom. The van der Waals surface area contributed by atoms with E-state index in [1.54, 1.807) is 19.5 Å². The van der Waals surface area contributed by atoms with E-state index in [4.69, 9.17) is 10.5 Å². The molecule has 8 nitrogen and oxygen atoms in total. The zero-order valence-electron chi connectivity index (χ0n) is 17.5. The van der Waals surface area contributed by atoms with Crippen molar-refractivity contribution in [1.29, 1.82) is 0 Å². The molecule has 3 N–H and O–H groups in total. The van der Waals surface area contributed by atoms with Crippen LogP contribution in [0.1, 0.15) is 24.5 Å². The van der Waals surface area contributed by atoms with E-state index < -0.39 is 0 Å². The van der Waals surface area contributed by atoms with E-state index in [2.05, 4.69) is 31.2 Å². The van der Waals surface area contributed by atoms with Crippen LogP contribution in [0.4, 0.5) is 11.6 Å². The predicted molar refractivity (Wildman–Crippen MR) is 120 cm³/mol. The fraction of sp³-hybridized carbons (Fsp3) is 0.304. The first-order valence-corrected chi connectivity index (χ1v) is 10.3. The van der Waals surface area contributed by atoms with Crippen LogP contribution in [0, 0.1) is 0 Å². The van der Waals surface area contributed by atoms with Gasteiger partial charge in [0.25, 0.3) is 0 Å². The third-order valence-electron chi connectivity index (χ3n) is 5.46. The molecular weight excluding hydrogens is 392 g/mol. The van der Waals surface area contributed by atoms with Gasteiger partial charge in [-0.3, -0.25) is 14.7 Å². The molecule has 1 aliphatic heterocycles. The highest BCUT2D eigenvalue weighted by Crippen LogP contribution is 2.27. The van der Waals surface area contributed by atoms with Gasteiger partial charge in [0.15, 0.2) is 0 Å². The summed E-state index contributed by atoms with van der Waals surface area (Å²) in [4.78, 5) is 27.4. The van der Waals surface area contributed by atoms with Gasteiger partial charge in [0.05, 0.1) is 13.7 Å². The number of ether oxygens (including phenoxy) is 1. The van der Waals surface area contributed by atoms with Gasteiger partial charge >= 0.3 is 0 Å². The van der Waals surface area contributed by atoms with E-state index in [9.17, 15) is 4.79 Å². The van der Waals surface area contributed by atoms with Gasteiger partial charge in [-0.25, -0.2) is 9.97 Å². The Bertz CT molecular complexity index is 1010. The molecule has 0 bridgehead atoms.